The number of Topliss-reactive ketones (excluding diaryl/α,β-unsaturated/α-hetero) is 1. The fourth-order valence-corrected chi connectivity index (χ4v) is 3.04. The van der Waals surface area contributed by atoms with Crippen molar-refractivity contribution in [3.63, 3.8) is 0 Å². The number of carbonyl (C=O) groups is 2. The van der Waals surface area contributed by atoms with Gasteiger partial charge in [-0.05, 0) is 48.9 Å². The van der Waals surface area contributed by atoms with E-state index in [1.54, 1.807) is 56.5 Å². The minimum atomic E-state index is -1.48. The van der Waals surface area contributed by atoms with Crippen LogP contribution >= 0.6 is 0 Å². The minimum absolute atomic E-state index is 0.0774. The van der Waals surface area contributed by atoms with Gasteiger partial charge in [0.2, 0.25) is 6.79 Å². The molecule has 0 fully saturated rings. The first-order chi connectivity index (χ1) is 13.5. The molecule has 28 heavy (non-hydrogen) atoms. The fraction of sp³-hybridized carbons (Fsp3) is 0.333. The summed E-state index contributed by atoms with van der Waals surface area (Å²) in [7, 11) is 1.54. The highest BCUT2D eigenvalue weighted by molar-refractivity contribution is 5.97. The third kappa shape index (κ3) is 4.26. The van der Waals surface area contributed by atoms with Crippen LogP contribution in [0.5, 0.6) is 17.2 Å². The quantitative estimate of drug-likeness (QED) is 0.551. The van der Waals surface area contributed by atoms with E-state index >= 15 is 0 Å². The van der Waals surface area contributed by atoms with Crippen molar-refractivity contribution in [2.24, 2.45) is 0 Å². The lowest BCUT2D eigenvalue weighted by Gasteiger charge is -2.22. The molecular formula is C21H22O7. The number of aliphatic hydroxyl groups excluding tert-OH is 1. The molecule has 0 aromatic heterocycles. The van der Waals surface area contributed by atoms with E-state index in [0.29, 0.717) is 28.4 Å². The zero-order chi connectivity index (χ0) is 20.1. The summed E-state index contributed by atoms with van der Waals surface area (Å²) >= 11 is 0. The zero-order valence-corrected chi connectivity index (χ0v) is 15.7. The number of ketones is 1. The summed E-state index contributed by atoms with van der Waals surface area (Å²) in [6, 6.07) is 11.7. The van der Waals surface area contributed by atoms with Gasteiger partial charge < -0.3 is 24.1 Å². The van der Waals surface area contributed by atoms with Crippen LogP contribution in [0.2, 0.25) is 0 Å². The highest BCUT2D eigenvalue weighted by Gasteiger charge is 2.32. The maximum atomic E-state index is 12.8. The van der Waals surface area contributed by atoms with E-state index in [1.165, 1.54) is 0 Å². The van der Waals surface area contributed by atoms with Crippen LogP contribution in [0.3, 0.4) is 0 Å². The molecule has 0 amide bonds. The van der Waals surface area contributed by atoms with E-state index in [2.05, 4.69) is 0 Å². The molecule has 1 N–H and O–H groups in total. The number of aliphatic hydroxyl groups is 1. The van der Waals surface area contributed by atoms with Crippen molar-refractivity contribution in [2.75, 3.05) is 20.5 Å². The van der Waals surface area contributed by atoms with Gasteiger partial charge in [0.05, 0.1) is 13.7 Å². The highest BCUT2D eigenvalue weighted by Crippen LogP contribution is 2.37. The highest BCUT2D eigenvalue weighted by atomic mass is 16.7. The van der Waals surface area contributed by atoms with Crippen LogP contribution in [0, 0.1) is 0 Å². The lowest BCUT2D eigenvalue weighted by molar-refractivity contribution is -0.154. The van der Waals surface area contributed by atoms with Gasteiger partial charge in [-0.1, -0.05) is 6.07 Å². The molecule has 3 rings (SSSR count). The summed E-state index contributed by atoms with van der Waals surface area (Å²) in [6.07, 6.45) is -1.56. The molecule has 1 heterocycles. The van der Waals surface area contributed by atoms with Crippen LogP contribution in [0.1, 0.15) is 35.2 Å². The summed E-state index contributed by atoms with van der Waals surface area (Å²) in [5.74, 6) is -0.0509. The van der Waals surface area contributed by atoms with Gasteiger partial charge in [-0.2, -0.15) is 0 Å². The van der Waals surface area contributed by atoms with Crippen LogP contribution in [0.25, 0.3) is 0 Å². The molecule has 2 aromatic rings. The Balaban J connectivity index is 1.87. The Labute approximate surface area is 162 Å². The number of benzene rings is 2. The minimum Gasteiger partial charge on any atom is -0.497 e. The standard InChI is InChI=1S/C21H22O7/c1-3-26-21(24)20(23)16(14-6-9-18-19(10-14)28-12-27-18)11-17(22)13-4-7-15(25-2)8-5-13/h4-10,16,20,23H,3,11-12H2,1-2H3/t16-,20-/m0/s1. The largest absolute Gasteiger partial charge is 0.497 e. The molecule has 0 bridgehead atoms. The maximum absolute atomic E-state index is 12.8. The number of ether oxygens (including phenoxy) is 4. The summed E-state index contributed by atoms with van der Waals surface area (Å²) in [5, 5.41) is 10.6. The van der Waals surface area contributed by atoms with Gasteiger partial charge in [0.1, 0.15) is 5.75 Å². The van der Waals surface area contributed by atoms with E-state index in [-0.39, 0.29) is 25.6 Å². The first-order valence-electron chi connectivity index (χ1n) is 8.95. The molecule has 0 saturated heterocycles. The van der Waals surface area contributed by atoms with Gasteiger partial charge >= 0.3 is 5.97 Å². The third-order valence-electron chi connectivity index (χ3n) is 4.55. The topological polar surface area (TPSA) is 91.3 Å². The van der Waals surface area contributed by atoms with Crippen molar-refractivity contribution in [3.05, 3.63) is 53.6 Å². The lowest BCUT2D eigenvalue weighted by Crippen LogP contribution is -2.31. The molecular weight excluding hydrogens is 364 g/mol. The second-order valence-corrected chi connectivity index (χ2v) is 6.27. The van der Waals surface area contributed by atoms with Gasteiger partial charge in [-0.15, -0.1) is 0 Å². The normalized spacial score (nSPS) is 14.2. The van der Waals surface area contributed by atoms with Crippen molar-refractivity contribution in [2.45, 2.75) is 25.4 Å². The van der Waals surface area contributed by atoms with Crippen molar-refractivity contribution in [1.29, 1.82) is 0 Å². The molecule has 0 aliphatic carbocycles. The van der Waals surface area contributed by atoms with Crippen LogP contribution in [0.15, 0.2) is 42.5 Å². The van der Waals surface area contributed by atoms with Gasteiger partial charge in [-0.25, -0.2) is 4.79 Å². The number of rotatable bonds is 8. The molecule has 2 atom stereocenters. The monoisotopic (exact) mass is 386 g/mol. The predicted molar refractivity (Wildman–Crippen MR) is 99.9 cm³/mol. The fourth-order valence-electron chi connectivity index (χ4n) is 3.04. The summed E-state index contributed by atoms with van der Waals surface area (Å²) < 4.78 is 20.7. The van der Waals surface area contributed by atoms with Crippen LogP contribution < -0.4 is 14.2 Å². The Morgan fingerprint density at radius 3 is 2.50 bits per heavy atom. The molecule has 148 valence electrons. The summed E-state index contributed by atoms with van der Waals surface area (Å²) in [5.41, 5.74) is 1.05. The van der Waals surface area contributed by atoms with Gasteiger partial charge in [0, 0.05) is 17.9 Å². The number of hydrogen-bond acceptors (Lipinski definition) is 7. The first-order valence-corrected chi connectivity index (χ1v) is 8.95. The van der Waals surface area contributed by atoms with Crippen molar-refractivity contribution in [3.8, 4) is 17.2 Å². The number of carbonyl (C=O) groups excluding carboxylic acids is 2. The lowest BCUT2D eigenvalue weighted by atomic mass is 9.87. The van der Waals surface area contributed by atoms with Crippen LogP contribution in [0.4, 0.5) is 0 Å². The van der Waals surface area contributed by atoms with Crippen LogP contribution in [-0.2, 0) is 9.53 Å². The SMILES string of the molecule is CCOC(=O)[C@@H](O)[C@@H](CC(=O)c1ccc(OC)cc1)c1ccc2c(c1)OCO2. The molecule has 0 radical (unpaired) electrons. The van der Waals surface area contributed by atoms with Crippen LogP contribution in [-0.4, -0.2) is 43.5 Å². The number of esters is 1. The molecule has 0 unspecified atom stereocenters. The second-order valence-electron chi connectivity index (χ2n) is 6.27. The van der Waals surface area contributed by atoms with E-state index in [0.717, 1.165) is 0 Å². The van der Waals surface area contributed by atoms with E-state index in [9.17, 15) is 14.7 Å². The second kappa shape index (κ2) is 8.75. The van der Waals surface area contributed by atoms with Crippen molar-refractivity contribution >= 4 is 11.8 Å². The average Bonchev–Trinajstić information content (AvgIpc) is 3.19. The third-order valence-corrected chi connectivity index (χ3v) is 4.55. The molecule has 2 aromatic carbocycles. The maximum Gasteiger partial charge on any atom is 0.335 e. The average molecular weight is 386 g/mol. The summed E-state index contributed by atoms with van der Waals surface area (Å²) in [4.78, 5) is 24.9. The number of methoxy groups -OCH3 is 1. The first kappa shape index (κ1) is 19.7. The van der Waals surface area contributed by atoms with E-state index < -0.39 is 18.0 Å². The van der Waals surface area contributed by atoms with Crippen molar-refractivity contribution in [1.82, 2.24) is 0 Å². The van der Waals surface area contributed by atoms with Gasteiger partial charge in [0.15, 0.2) is 23.4 Å². The van der Waals surface area contributed by atoms with E-state index in [1.807, 2.05) is 0 Å². The Kier molecular flexibility index (Phi) is 6.16. The number of fused-ring (bicyclic) bond motifs is 1. The van der Waals surface area contributed by atoms with Crippen molar-refractivity contribution < 1.29 is 33.6 Å². The summed E-state index contributed by atoms with van der Waals surface area (Å²) in [6.45, 7) is 1.90. The Bertz CT molecular complexity index is 844. The van der Waals surface area contributed by atoms with E-state index in [4.69, 9.17) is 18.9 Å². The molecule has 1 aliphatic heterocycles. The zero-order valence-electron chi connectivity index (χ0n) is 15.7. The van der Waals surface area contributed by atoms with Gasteiger partial charge in [0.25, 0.3) is 0 Å². The Morgan fingerprint density at radius 2 is 1.82 bits per heavy atom. The van der Waals surface area contributed by atoms with Gasteiger partial charge in [-0.3, -0.25) is 4.79 Å². The Hall–Kier alpha value is -3.06. The molecule has 7 heteroatoms. The predicted octanol–water partition coefficient (Wildman–Crippen LogP) is 2.70. The molecule has 0 saturated carbocycles. The smallest absolute Gasteiger partial charge is 0.335 e. The molecule has 0 spiro atoms. The number of hydrogen-bond donors (Lipinski definition) is 1. The molecule has 1 aliphatic rings. The Morgan fingerprint density at radius 1 is 1.11 bits per heavy atom. The molecule has 7 nitrogen and oxygen atoms in total.